The lowest BCUT2D eigenvalue weighted by Gasteiger charge is -2.34. The number of benzene rings is 2. The second kappa shape index (κ2) is 11.3. The molecule has 0 aliphatic carbocycles. The summed E-state index contributed by atoms with van der Waals surface area (Å²) in [6.45, 7) is 7.91. The number of hydrazine groups is 1. The van der Waals surface area contributed by atoms with Gasteiger partial charge >= 0.3 is 5.97 Å². The van der Waals surface area contributed by atoms with Crippen molar-refractivity contribution in [3.8, 4) is 11.5 Å². The third-order valence-electron chi connectivity index (χ3n) is 5.82. The van der Waals surface area contributed by atoms with E-state index in [9.17, 15) is 4.79 Å². The number of anilines is 1. The number of nitrogens with one attached hydrogen (secondary N) is 3. The van der Waals surface area contributed by atoms with Crippen LogP contribution >= 0.6 is 12.2 Å². The lowest BCUT2D eigenvalue weighted by molar-refractivity contribution is -0.145. The highest BCUT2D eigenvalue weighted by atomic mass is 32.1. The van der Waals surface area contributed by atoms with Crippen molar-refractivity contribution in [2.45, 2.75) is 33.3 Å². The zero-order valence-electron chi connectivity index (χ0n) is 21.3. The number of carbonyl (C=O) groups is 1. The van der Waals surface area contributed by atoms with Gasteiger partial charge in [-0.2, -0.15) is 0 Å². The number of hydrogen-bond donors (Lipinski definition) is 3. The molecular weight excluding hydrogens is 488 g/mol. The van der Waals surface area contributed by atoms with Crippen molar-refractivity contribution in [1.82, 2.24) is 15.8 Å². The molecule has 8 nitrogen and oxygen atoms in total. The molecule has 1 unspecified atom stereocenters. The van der Waals surface area contributed by atoms with Gasteiger partial charge in [-0.15, -0.1) is 0 Å². The second-order valence-electron chi connectivity index (χ2n) is 8.78. The first-order valence-electron chi connectivity index (χ1n) is 11.9. The smallest absolute Gasteiger partial charge is 0.344 e. The molecule has 0 saturated heterocycles. The fourth-order valence-electron chi connectivity index (χ4n) is 3.99. The first-order valence-corrected chi connectivity index (χ1v) is 12.3. The van der Waals surface area contributed by atoms with E-state index in [1.165, 1.54) is 5.56 Å². The molecule has 0 fully saturated rings. The molecule has 9 heteroatoms. The number of aryl methyl sites for hydroxylation is 2. The van der Waals surface area contributed by atoms with Gasteiger partial charge in [0.15, 0.2) is 17.3 Å². The highest BCUT2D eigenvalue weighted by Gasteiger charge is 2.33. The van der Waals surface area contributed by atoms with Gasteiger partial charge in [0.1, 0.15) is 11.5 Å². The first-order chi connectivity index (χ1) is 17.8. The predicted molar refractivity (Wildman–Crippen MR) is 147 cm³/mol. The topological polar surface area (TPSA) is 93.7 Å². The van der Waals surface area contributed by atoms with E-state index in [0.29, 0.717) is 23.2 Å². The molecule has 1 atom stereocenters. The Morgan fingerprint density at radius 3 is 2.73 bits per heavy atom. The van der Waals surface area contributed by atoms with E-state index in [1.54, 1.807) is 31.5 Å². The van der Waals surface area contributed by atoms with Gasteiger partial charge in [-0.1, -0.05) is 23.8 Å². The Balaban J connectivity index is 1.58. The highest BCUT2D eigenvalue weighted by molar-refractivity contribution is 7.80. The molecule has 0 amide bonds. The average molecular weight is 519 g/mol. The van der Waals surface area contributed by atoms with Crippen molar-refractivity contribution in [2.75, 3.05) is 18.5 Å². The minimum atomic E-state index is -0.791. The van der Waals surface area contributed by atoms with E-state index in [1.807, 2.05) is 57.2 Å². The van der Waals surface area contributed by atoms with E-state index in [0.717, 1.165) is 28.1 Å². The number of hydrogen-bond acceptors (Lipinski definition) is 7. The van der Waals surface area contributed by atoms with E-state index in [4.69, 9.17) is 26.4 Å². The van der Waals surface area contributed by atoms with Crippen LogP contribution in [0.3, 0.4) is 0 Å². The number of nitrogens with zero attached hydrogens (tertiary/aromatic N) is 1. The maximum Gasteiger partial charge on any atom is 0.344 e. The summed E-state index contributed by atoms with van der Waals surface area (Å²) < 4.78 is 17.0. The Morgan fingerprint density at radius 2 is 2.00 bits per heavy atom. The van der Waals surface area contributed by atoms with Gasteiger partial charge in [0.05, 0.1) is 12.3 Å². The van der Waals surface area contributed by atoms with Crippen molar-refractivity contribution >= 4 is 34.7 Å². The number of ether oxygens (including phenoxy) is 3. The minimum absolute atomic E-state index is 0.185. The molecule has 0 radical (unpaired) electrons. The van der Waals surface area contributed by atoms with Crippen molar-refractivity contribution in [2.24, 2.45) is 0 Å². The van der Waals surface area contributed by atoms with Crippen molar-refractivity contribution in [3.05, 3.63) is 89.3 Å². The minimum Gasteiger partial charge on any atom is -0.482 e. The number of pyridine rings is 1. The average Bonchev–Trinajstić information content (AvgIpc) is 2.88. The number of rotatable bonds is 8. The van der Waals surface area contributed by atoms with Crippen LogP contribution in [0.4, 0.5) is 5.69 Å². The maximum absolute atomic E-state index is 11.7. The van der Waals surface area contributed by atoms with Crippen LogP contribution < -0.4 is 25.6 Å². The fraction of sp³-hybridized carbons (Fsp3) is 0.250. The van der Waals surface area contributed by atoms with Gasteiger partial charge in [0.2, 0.25) is 0 Å². The third-order valence-corrected chi connectivity index (χ3v) is 6.02. The van der Waals surface area contributed by atoms with Crippen molar-refractivity contribution < 1.29 is 19.0 Å². The van der Waals surface area contributed by atoms with Gasteiger partial charge in [-0.25, -0.2) is 4.79 Å². The molecule has 0 spiro atoms. The Hall–Kier alpha value is -4.11. The molecule has 1 aliphatic rings. The molecule has 3 aromatic rings. The van der Waals surface area contributed by atoms with Crippen molar-refractivity contribution in [1.29, 1.82) is 0 Å². The molecule has 0 saturated carbocycles. The molecule has 1 aliphatic heterocycles. The molecule has 0 bridgehead atoms. The number of carbonyl (C=O) groups excluding carboxylic acids is 1. The Kier molecular flexibility index (Phi) is 7.93. The molecule has 3 N–H and O–H groups in total. The molecule has 1 aromatic heterocycles. The van der Waals surface area contributed by atoms with Crippen LogP contribution in [-0.4, -0.2) is 29.3 Å². The first kappa shape index (κ1) is 26.0. The standard InChI is InChI=1S/C28H30N4O4S/c1-5-34-26(33)17-35-21-9-11-25-22(14-21)24(15-28(4,36-25)20-7-6-12-29-16-20)31-32-27(37)30-23-10-8-18(2)13-19(23)3/h6-16,31H,5,17H2,1-4H3,(H2,30,32,37). The molecule has 4 rings (SSSR count). The summed E-state index contributed by atoms with van der Waals surface area (Å²) in [5, 5.41) is 3.62. The molecule has 2 aromatic carbocycles. The van der Waals surface area contributed by atoms with Crippen LogP contribution in [0.25, 0.3) is 5.70 Å². The van der Waals surface area contributed by atoms with Crippen LogP contribution in [-0.2, 0) is 15.1 Å². The number of esters is 1. The van der Waals surface area contributed by atoms with E-state index in [-0.39, 0.29) is 6.61 Å². The Morgan fingerprint density at radius 1 is 1.16 bits per heavy atom. The van der Waals surface area contributed by atoms with E-state index >= 15 is 0 Å². The SMILES string of the molecule is CCOC(=O)COc1ccc2c(c1)C(NNC(=S)Nc1ccc(C)cc1C)=CC(C)(c1cccnc1)O2. The maximum atomic E-state index is 11.7. The lowest BCUT2D eigenvalue weighted by Crippen LogP contribution is -2.41. The summed E-state index contributed by atoms with van der Waals surface area (Å²) >= 11 is 5.54. The zero-order valence-corrected chi connectivity index (χ0v) is 22.1. The van der Waals surface area contributed by atoms with Gasteiger partial charge in [0, 0.05) is 29.2 Å². The number of fused-ring (bicyclic) bond motifs is 1. The summed E-state index contributed by atoms with van der Waals surface area (Å²) in [4.78, 5) is 16.0. The van der Waals surface area contributed by atoms with Gasteiger partial charge < -0.3 is 19.5 Å². The predicted octanol–water partition coefficient (Wildman–Crippen LogP) is 4.78. The Bertz CT molecular complexity index is 1330. The normalized spacial score (nSPS) is 15.9. The summed E-state index contributed by atoms with van der Waals surface area (Å²) in [6.07, 6.45) is 5.45. The summed E-state index contributed by atoms with van der Waals surface area (Å²) in [6, 6.07) is 15.3. The largest absolute Gasteiger partial charge is 0.482 e. The van der Waals surface area contributed by atoms with E-state index in [2.05, 4.69) is 27.2 Å². The van der Waals surface area contributed by atoms with Crippen LogP contribution in [0.2, 0.25) is 0 Å². The summed E-state index contributed by atoms with van der Waals surface area (Å²) in [5.41, 5.74) is 11.0. The zero-order chi connectivity index (χ0) is 26.4. The van der Waals surface area contributed by atoms with Crippen LogP contribution in [0.1, 0.15) is 36.1 Å². The van der Waals surface area contributed by atoms with Gasteiger partial charge in [0.25, 0.3) is 0 Å². The third kappa shape index (κ3) is 6.37. The second-order valence-corrected chi connectivity index (χ2v) is 9.19. The fourth-order valence-corrected chi connectivity index (χ4v) is 4.15. The van der Waals surface area contributed by atoms with Crippen LogP contribution in [0.5, 0.6) is 11.5 Å². The summed E-state index contributed by atoms with van der Waals surface area (Å²) in [5.74, 6) is 0.706. The van der Waals surface area contributed by atoms with Gasteiger partial charge in [-0.3, -0.25) is 15.8 Å². The number of thiocarbonyl (C=S) groups is 1. The quantitative estimate of drug-likeness (QED) is 0.221. The van der Waals surface area contributed by atoms with Crippen LogP contribution in [0, 0.1) is 13.8 Å². The Labute approximate surface area is 222 Å². The molecule has 2 heterocycles. The lowest BCUT2D eigenvalue weighted by atomic mass is 9.91. The van der Waals surface area contributed by atoms with Crippen molar-refractivity contribution in [3.63, 3.8) is 0 Å². The monoisotopic (exact) mass is 518 g/mol. The molecule has 37 heavy (non-hydrogen) atoms. The number of aromatic nitrogens is 1. The van der Waals surface area contributed by atoms with Gasteiger partial charge in [-0.05, 0) is 81.9 Å². The molecular formula is C28H30N4O4S. The highest BCUT2D eigenvalue weighted by Crippen LogP contribution is 2.41. The van der Waals surface area contributed by atoms with Crippen LogP contribution in [0.15, 0.2) is 67.0 Å². The molecule has 192 valence electrons. The van der Waals surface area contributed by atoms with E-state index < -0.39 is 11.6 Å². The summed E-state index contributed by atoms with van der Waals surface area (Å²) in [7, 11) is 0.